The van der Waals surface area contributed by atoms with Crippen LogP contribution in [0, 0.1) is 0 Å². The largest absolute Gasteiger partial charge is 0.497 e. The Kier molecular flexibility index (Phi) is 4.24. The van der Waals surface area contributed by atoms with Gasteiger partial charge in [0.1, 0.15) is 11.6 Å². The van der Waals surface area contributed by atoms with Crippen molar-refractivity contribution in [1.29, 1.82) is 0 Å². The summed E-state index contributed by atoms with van der Waals surface area (Å²) < 4.78 is 6.92. The van der Waals surface area contributed by atoms with E-state index in [0.29, 0.717) is 31.2 Å². The summed E-state index contributed by atoms with van der Waals surface area (Å²) in [6.07, 6.45) is 1.61. The topological polar surface area (TPSA) is 77.3 Å². The summed E-state index contributed by atoms with van der Waals surface area (Å²) >= 11 is 1.46. The van der Waals surface area contributed by atoms with Crippen LogP contribution in [0.4, 0.5) is 0 Å². The zero-order valence-electron chi connectivity index (χ0n) is 16.0. The number of nitrogens with zero attached hydrogens (tertiary/aromatic N) is 4. The second kappa shape index (κ2) is 6.81. The number of fused-ring (bicyclic) bond motifs is 2. The van der Waals surface area contributed by atoms with Crippen LogP contribution < -0.4 is 10.3 Å². The fourth-order valence-corrected chi connectivity index (χ4v) is 5.06. The minimum Gasteiger partial charge on any atom is -0.497 e. The van der Waals surface area contributed by atoms with Crippen LogP contribution in [-0.4, -0.2) is 45.8 Å². The van der Waals surface area contributed by atoms with E-state index in [2.05, 4.69) is 10.2 Å². The number of methoxy groups -OCH3 is 1. The van der Waals surface area contributed by atoms with Crippen LogP contribution in [0.2, 0.25) is 0 Å². The Morgan fingerprint density at radius 2 is 1.93 bits per heavy atom. The van der Waals surface area contributed by atoms with Gasteiger partial charge < -0.3 is 9.64 Å². The van der Waals surface area contributed by atoms with Gasteiger partial charge in [0.15, 0.2) is 5.69 Å². The van der Waals surface area contributed by atoms with Gasteiger partial charge in [-0.25, -0.2) is 0 Å². The second-order valence-electron chi connectivity index (χ2n) is 7.54. The summed E-state index contributed by atoms with van der Waals surface area (Å²) in [4.78, 5) is 28.5. The zero-order valence-corrected chi connectivity index (χ0v) is 16.8. The molecule has 1 spiro atoms. The molecule has 2 aliphatic heterocycles. The molecule has 5 rings (SSSR count). The summed E-state index contributed by atoms with van der Waals surface area (Å²) in [7, 11) is 1.60. The molecule has 0 aliphatic carbocycles. The van der Waals surface area contributed by atoms with E-state index in [0.717, 1.165) is 29.0 Å². The normalized spacial score (nSPS) is 20.2. The van der Waals surface area contributed by atoms with Crippen LogP contribution in [-0.2, 0) is 12.0 Å². The van der Waals surface area contributed by atoms with Gasteiger partial charge in [-0.3, -0.25) is 14.2 Å². The number of hydrogen-bond donors (Lipinski definition) is 0. The highest BCUT2D eigenvalue weighted by Crippen LogP contribution is 2.41. The lowest BCUT2D eigenvalue weighted by Gasteiger charge is -2.22. The SMILES string of the molecule is COc1ccc(-c2nnc3n(c2=O)CC[C@]32CCN(C(=O)c3cccs3)C2)cc1. The summed E-state index contributed by atoms with van der Waals surface area (Å²) in [6, 6.07) is 11.0. The molecule has 2 aliphatic rings. The highest BCUT2D eigenvalue weighted by Gasteiger charge is 2.48. The lowest BCUT2D eigenvalue weighted by molar-refractivity contribution is 0.0787. The van der Waals surface area contributed by atoms with Gasteiger partial charge >= 0.3 is 0 Å². The molecule has 148 valence electrons. The third-order valence-corrected chi connectivity index (χ3v) is 6.83. The Morgan fingerprint density at radius 1 is 1.14 bits per heavy atom. The Labute approximate surface area is 171 Å². The minimum atomic E-state index is -0.280. The van der Waals surface area contributed by atoms with Gasteiger partial charge in [-0.05, 0) is 48.6 Å². The molecule has 0 N–H and O–H groups in total. The molecule has 0 bridgehead atoms. The average molecular weight is 408 g/mol. The van der Waals surface area contributed by atoms with Crippen LogP contribution in [0.25, 0.3) is 11.3 Å². The quantitative estimate of drug-likeness (QED) is 0.666. The van der Waals surface area contributed by atoms with Crippen LogP contribution in [0.5, 0.6) is 5.75 Å². The number of carbonyl (C=O) groups excluding carboxylic acids is 1. The van der Waals surface area contributed by atoms with Gasteiger partial charge in [0.05, 0.1) is 17.4 Å². The molecule has 4 heterocycles. The number of hydrogen-bond acceptors (Lipinski definition) is 6. The van der Waals surface area contributed by atoms with Crippen LogP contribution >= 0.6 is 11.3 Å². The van der Waals surface area contributed by atoms with Crippen molar-refractivity contribution in [2.45, 2.75) is 24.8 Å². The van der Waals surface area contributed by atoms with E-state index in [1.54, 1.807) is 23.8 Å². The molecule has 1 aromatic carbocycles. The molecular formula is C21H20N4O3S. The molecule has 0 radical (unpaired) electrons. The van der Waals surface area contributed by atoms with Gasteiger partial charge in [0.25, 0.3) is 11.5 Å². The fourth-order valence-electron chi connectivity index (χ4n) is 4.37. The molecule has 29 heavy (non-hydrogen) atoms. The van der Waals surface area contributed by atoms with Gasteiger partial charge in [-0.1, -0.05) is 6.07 Å². The first-order valence-corrected chi connectivity index (χ1v) is 10.4. The molecular weight excluding hydrogens is 388 g/mol. The summed E-state index contributed by atoms with van der Waals surface area (Å²) in [6.45, 7) is 1.86. The highest BCUT2D eigenvalue weighted by atomic mass is 32.1. The van der Waals surface area contributed by atoms with E-state index in [1.807, 2.05) is 34.5 Å². The predicted octanol–water partition coefficient (Wildman–Crippen LogP) is 2.56. The van der Waals surface area contributed by atoms with Crippen molar-refractivity contribution in [3.8, 4) is 17.0 Å². The standard InChI is InChI=1S/C21H20N4O3S/c1-28-15-6-4-14(5-7-15)17-19(27)25-11-9-21(20(25)23-22-17)8-10-24(13-21)18(26)16-3-2-12-29-16/h2-7,12H,8-11,13H2,1H3/t21-/m0/s1. The Hall–Kier alpha value is -3.00. The number of benzene rings is 1. The van der Waals surface area contributed by atoms with Crippen molar-refractivity contribution in [1.82, 2.24) is 19.7 Å². The Bertz CT molecular complexity index is 1120. The smallest absolute Gasteiger partial charge is 0.280 e. The predicted molar refractivity (Wildman–Crippen MR) is 109 cm³/mol. The van der Waals surface area contributed by atoms with Gasteiger partial charge in [0, 0.05) is 25.2 Å². The molecule has 3 aromatic rings. The number of rotatable bonds is 3. The molecule has 0 saturated carbocycles. The van der Waals surface area contributed by atoms with Crippen molar-refractivity contribution in [2.75, 3.05) is 20.2 Å². The monoisotopic (exact) mass is 408 g/mol. The lowest BCUT2D eigenvalue weighted by Crippen LogP contribution is -2.35. The molecule has 1 fully saturated rings. The van der Waals surface area contributed by atoms with E-state index in [4.69, 9.17) is 4.74 Å². The number of thiophene rings is 1. The lowest BCUT2D eigenvalue weighted by atomic mass is 9.85. The third-order valence-electron chi connectivity index (χ3n) is 5.97. The van der Waals surface area contributed by atoms with Crippen molar-refractivity contribution in [2.24, 2.45) is 0 Å². The van der Waals surface area contributed by atoms with Gasteiger partial charge in [-0.2, -0.15) is 0 Å². The molecule has 7 nitrogen and oxygen atoms in total. The summed E-state index contributed by atoms with van der Waals surface area (Å²) in [5, 5.41) is 10.7. The van der Waals surface area contributed by atoms with Crippen molar-refractivity contribution >= 4 is 17.2 Å². The van der Waals surface area contributed by atoms with E-state index >= 15 is 0 Å². The van der Waals surface area contributed by atoms with Crippen molar-refractivity contribution < 1.29 is 9.53 Å². The van der Waals surface area contributed by atoms with E-state index in [-0.39, 0.29) is 16.9 Å². The summed E-state index contributed by atoms with van der Waals surface area (Å²) in [5.74, 6) is 1.49. The van der Waals surface area contributed by atoms with Crippen molar-refractivity contribution in [3.05, 3.63) is 62.8 Å². The molecule has 8 heteroatoms. The number of carbonyl (C=O) groups is 1. The number of amides is 1. The van der Waals surface area contributed by atoms with Crippen LogP contribution in [0.3, 0.4) is 0 Å². The first-order chi connectivity index (χ1) is 14.1. The maximum Gasteiger partial charge on any atom is 0.280 e. The van der Waals surface area contributed by atoms with Gasteiger partial charge in [-0.15, -0.1) is 21.5 Å². The van der Waals surface area contributed by atoms with E-state index in [9.17, 15) is 9.59 Å². The molecule has 0 unspecified atom stereocenters. The first kappa shape index (κ1) is 18.1. The number of likely N-dealkylation sites (tertiary alicyclic amines) is 1. The van der Waals surface area contributed by atoms with E-state index < -0.39 is 0 Å². The highest BCUT2D eigenvalue weighted by molar-refractivity contribution is 7.12. The number of aromatic nitrogens is 3. The Morgan fingerprint density at radius 3 is 2.66 bits per heavy atom. The fraction of sp³-hybridized carbons (Fsp3) is 0.333. The molecule has 1 atom stereocenters. The van der Waals surface area contributed by atoms with Crippen LogP contribution in [0.15, 0.2) is 46.6 Å². The average Bonchev–Trinajstić information content (AvgIpc) is 3.50. The first-order valence-electron chi connectivity index (χ1n) is 9.56. The summed E-state index contributed by atoms with van der Waals surface area (Å²) in [5.41, 5.74) is 0.663. The van der Waals surface area contributed by atoms with Crippen LogP contribution in [0.1, 0.15) is 28.3 Å². The Balaban J connectivity index is 1.45. The number of ether oxygens (including phenoxy) is 1. The molecule has 1 amide bonds. The van der Waals surface area contributed by atoms with Gasteiger partial charge in [0.2, 0.25) is 0 Å². The van der Waals surface area contributed by atoms with Crippen molar-refractivity contribution in [3.63, 3.8) is 0 Å². The zero-order chi connectivity index (χ0) is 20.0. The maximum absolute atomic E-state index is 13.1. The third kappa shape index (κ3) is 2.86. The molecule has 1 saturated heterocycles. The molecule has 2 aromatic heterocycles. The minimum absolute atomic E-state index is 0.0560. The maximum atomic E-state index is 13.1. The second-order valence-corrected chi connectivity index (χ2v) is 8.49. The van der Waals surface area contributed by atoms with E-state index in [1.165, 1.54) is 11.3 Å².